The lowest BCUT2D eigenvalue weighted by Crippen LogP contribution is -2.16. The van der Waals surface area contributed by atoms with Crippen molar-refractivity contribution in [1.29, 1.82) is 0 Å². The molecule has 1 fully saturated rings. The van der Waals surface area contributed by atoms with E-state index in [0.29, 0.717) is 5.92 Å². The van der Waals surface area contributed by atoms with Crippen LogP contribution in [0.15, 0.2) is 46.1 Å². The second kappa shape index (κ2) is 9.80. The molecule has 3 rings (SSSR count). The number of hydrogen-bond donors (Lipinski definition) is 1. The van der Waals surface area contributed by atoms with Gasteiger partial charge in [0.2, 0.25) is 0 Å². The van der Waals surface area contributed by atoms with Gasteiger partial charge in [0.05, 0.1) is 0 Å². The monoisotopic (exact) mass is 365 g/mol. The summed E-state index contributed by atoms with van der Waals surface area (Å²) in [7, 11) is 0. The lowest BCUT2D eigenvalue weighted by atomic mass is 9.85. The van der Waals surface area contributed by atoms with Crippen LogP contribution in [0.4, 0.5) is 0 Å². The Balaban J connectivity index is 0.00000208. The summed E-state index contributed by atoms with van der Waals surface area (Å²) < 4.78 is 0. The first kappa shape index (κ1) is 21.5. The summed E-state index contributed by atoms with van der Waals surface area (Å²) >= 11 is 1.76. The van der Waals surface area contributed by atoms with Gasteiger partial charge in [-0.15, -0.1) is 11.8 Å². The maximum Gasteiger partial charge on any atom is 0.251 e. The number of benzene rings is 1. The quantitative estimate of drug-likeness (QED) is 0.817. The zero-order valence-electron chi connectivity index (χ0n) is 15.0. The molecule has 5 heteroatoms. The summed E-state index contributed by atoms with van der Waals surface area (Å²) in [5, 5.41) is 0. The van der Waals surface area contributed by atoms with Gasteiger partial charge in [-0.2, -0.15) is 0 Å². The van der Waals surface area contributed by atoms with Gasteiger partial charge in [-0.3, -0.25) is 4.79 Å². The molecule has 2 aromatic rings. The van der Waals surface area contributed by atoms with Crippen LogP contribution < -0.4 is 5.56 Å². The minimum atomic E-state index is 0. The van der Waals surface area contributed by atoms with Gasteiger partial charge in [-0.25, -0.2) is 0 Å². The lowest BCUT2D eigenvalue weighted by Gasteiger charge is -2.21. The standard InChI is InChI=1S/C20H25NOS.2H2O.H2/c1-14-7-12-19(21-20(14)22)18(13-15-5-3-4-6-15)16-8-10-17(23-2)11-9-16;;;/h7-12,15,18H,3-6,13H2,1-2H3,(H,21,22);2*1H2;1H. The minimum absolute atomic E-state index is 0. The number of aromatic nitrogens is 1. The fraction of sp³-hybridized carbons (Fsp3) is 0.450. The van der Waals surface area contributed by atoms with Crippen molar-refractivity contribution in [1.82, 2.24) is 4.98 Å². The predicted molar refractivity (Wildman–Crippen MR) is 108 cm³/mol. The summed E-state index contributed by atoms with van der Waals surface area (Å²) in [5.74, 6) is 1.08. The third-order valence-corrected chi connectivity index (χ3v) is 5.81. The fourth-order valence-corrected chi connectivity index (χ4v) is 4.03. The normalized spacial score (nSPS) is 15.3. The van der Waals surface area contributed by atoms with Crippen LogP contribution in [0.2, 0.25) is 0 Å². The van der Waals surface area contributed by atoms with E-state index in [1.807, 2.05) is 13.0 Å². The third-order valence-electron chi connectivity index (χ3n) is 5.07. The Bertz CT molecular complexity index is 712. The van der Waals surface area contributed by atoms with Crippen molar-refractivity contribution in [2.24, 2.45) is 5.92 Å². The van der Waals surface area contributed by atoms with Crippen LogP contribution >= 0.6 is 11.8 Å². The maximum absolute atomic E-state index is 12.1. The molecular weight excluding hydrogens is 334 g/mol. The molecule has 1 aromatic carbocycles. The van der Waals surface area contributed by atoms with E-state index in [4.69, 9.17) is 0 Å². The van der Waals surface area contributed by atoms with Gasteiger partial charge < -0.3 is 15.9 Å². The number of hydrogen-bond acceptors (Lipinski definition) is 2. The van der Waals surface area contributed by atoms with Crippen LogP contribution in [0, 0.1) is 12.8 Å². The van der Waals surface area contributed by atoms with E-state index < -0.39 is 0 Å². The Kier molecular flexibility index (Phi) is 8.42. The number of H-pyrrole nitrogens is 1. The first-order chi connectivity index (χ1) is 11.2. The van der Waals surface area contributed by atoms with E-state index in [-0.39, 0.29) is 17.9 Å². The molecule has 1 heterocycles. The van der Waals surface area contributed by atoms with Gasteiger partial charge in [0, 0.05) is 23.5 Å². The van der Waals surface area contributed by atoms with Crippen molar-refractivity contribution >= 4 is 11.8 Å². The smallest absolute Gasteiger partial charge is 0.251 e. The van der Waals surface area contributed by atoms with Crippen LogP contribution in [0.3, 0.4) is 0 Å². The molecule has 140 valence electrons. The van der Waals surface area contributed by atoms with Crippen LogP contribution in [0.5, 0.6) is 0 Å². The van der Waals surface area contributed by atoms with E-state index in [1.54, 1.807) is 11.8 Å². The lowest BCUT2D eigenvalue weighted by molar-refractivity contribution is 0.468. The van der Waals surface area contributed by atoms with Crippen LogP contribution in [0.25, 0.3) is 0 Å². The van der Waals surface area contributed by atoms with Gasteiger partial charge in [-0.1, -0.05) is 43.9 Å². The molecule has 1 aliphatic rings. The number of pyridine rings is 1. The molecular formula is C20H31NO3S. The van der Waals surface area contributed by atoms with Crippen LogP contribution in [-0.2, 0) is 0 Å². The number of aryl methyl sites for hydroxylation is 1. The number of nitrogens with one attached hydrogen (secondary N) is 1. The molecule has 0 spiro atoms. The van der Waals surface area contributed by atoms with Crippen molar-refractivity contribution in [2.45, 2.75) is 49.8 Å². The Hall–Kier alpha value is -1.56. The molecule has 0 amide bonds. The van der Waals surface area contributed by atoms with Crippen molar-refractivity contribution in [2.75, 3.05) is 6.26 Å². The second-order valence-electron chi connectivity index (χ2n) is 6.64. The van der Waals surface area contributed by atoms with Crippen molar-refractivity contribution in [3.05, 3.63) is 63.6 Å². The molecule has 1 unspecified atom stereocenters. The summed E-state index contributed by atoms with van der Waals surface area (Å²) in [5.41, 5.74) is 3.20. The second-order valence-corrected chi connectivity index (χ2v) is 7.52. The molecule has 1 saturated carbocycles. The molecule has 0 bridgehead atoms. The number of rotatable bonds is 5. The molecule has 5 N–H and O–H groups in total. The van der Waals surface area contributed by atoms with Gasteiger partial charge in [0.15, 0.2) is 0 Å². The highest BCUT2D eigenvalue weighted by molar-refractivity contribution is 7.98. The summed E-state index contributed by atoms with van der Waals surface area (Å²) in [6, 6.07) is 12.9. The molecule has 1 aromatic heterocycles. The SMILES string of the molecule is CSc1ccc(C(CC2CCCC2)c2ccc(C)c(=O)[nH]2)cc1.O.O.[HH]. The summed E-state index contributed by atoms with van der Waals surface area (Å²) in [4.78, 5) is 16.5. The van der Waals surface area contributed by atoms with Crippen molar-refractivity contribution in [3.8, 4) is 0 Å². The number of thioether (sulfide) groups is 1. The van der Waals surface area contributed by atoms with E-state index in [0.717, 1.165) is 23.6 Å². The van der Waals surface area contributed by atoms with Crippen molar-refractivity contribution in [3.63, 3.8) is 0 Å². The molecule has 1 atom stereocenters. The minimum Gasteiger partial charge on any atom is -0.412 e. The topological polar surface area (TPSA) is 95.9 Å². The maximum atomic E-state index is 12.1. The fourth-order valence-electron chi connectivity index (χ4n) is 3.62. The Morgan fingerprint density at radius 3 is 2.32 bits per heavy atom. The third kappa shape index (κ3) is 5.21. The van der Waals surface area contributed by atoms with E-state index >= 15 is 0 Å². The highest BCUT2D eigenvalue weighted by atomic mass is 32.2. The molecule has 0 saturated heterocycles. The zero-order valence-corrected chi connectivity index (χ0v) is 15.8. The van der Waals surface area contributed by atoms with Gasteiger partial charge in [-0.05, 0) is 49.3 Å². The molecule has 25 heavy (non-hydrogen) atoms. The van der Waals surface area contributed by atoms with Gasteiger partial charge in [0.25, 0.3) is 5.56 Å². The van der Waals surface area contributed by atoms with Gasteiger partial charge >= 0.3 is 0 Å². The Morgan fingerprint density at radius 1 is 1.12 bits per heavy atom. The Morgan fingerprint density at radius 2 is 1.76 bits per heavy atom. The van der Waals surface area contributed by atoms with Crippen LogP contribution in [0.1, 0.15) is 56.3 Å². The Labute approximate surface area is 155 Å². The molecule has 0 radical (unpaired) electrons. The highest BCUT2D eigenvalue weighted by Gasteiger charge is 2.23. The summed E-state index contributed by atoms with van der Waals surface area (Å²) in [6.07, 6.45) is 8.60. The first-order valence-electron chi connectivity index (χ1n) is 8.51. The number of aromatic amines is 1. The molecule has 1 aliphatic carbocycles. The van der Waals surface area contributed by atoms with E-state index in [2.05, 4.69) is 41.6 Å². The van der Waals surface area contributed by atoms with E-state index in [9.17, 15) is 4.79 Å². The van der Waals surface area contributed by atoms with Gasteiger partial charge in [0.1, 0.15) is 0 Å². The van der Waals surface area contributed by atoms with E-state index in [1.165, 1.54) is 36.1 Å². The zero-order chi connectivity index (χ0) is 16.2. The summed E-state index contributed by atoms with van der Waals surface area (Å²) in [6.45, 7) is 1.86. The molecule has 4 nitrogen and oxygen atoms in total. The predicted octanol–water partition coefficient (Wildman–Crippen LogP) is 3.71. The first-order valence-corrected chi connectivity index (χ1v) is 9.73. The average molecular weight is 366 g/mol. The van der Waals surface area contributed by atoms with Crippen molar-refractivity contribution < 1.29 is 12.4 Å². The highest BCUT2D eigenvalue weighted by Crippen LogP contribution is 2.37. The van der Waals surface area contributed by atoms with Crippen LogP contribution in [-0.4, -0.2) is 22.2 Å². The molecule has 0 aliphatic heterocycles. The average Bonchev–Trinajstić information content (AvgIpc) is 3.09. The largest absolute Gasteiger partial charge is 0.412 e.